The van der Waals surface area contributed by atoms with Gasteiger partial charge in [-0.1, -0.05) is 26.8 Å². The molecule has 0 bridgehead atoms. The van der Waals surface area contributed by atoms with Crippen molar-refractivity contribution in [3.63, 3.8) is 0 Å². The fourth-order valence-electron chi connectivity index (χ4n) is 3.79. The lowest BCUT2D eigenvalue weighted by molar-refractivity contribution is -0.142. The first-order valence-corrected chi connectivity index (χ1v) is 11.8. The second kappa shape index (κ2) is 10.8. The smallest absolute Gasteiger partial charge is 0.242 e. The van der Waals surface area contributed by atoms with E-state index in [0.717, 1.165) is 18.4 Å². The molecule has 0 saturated heterocycles. The minimum atomic E-state index is -0.357. The lowest BCUT2D eigenvalue weighted by Crippen LogP contribution is -2.48. The number of halogens is 1. The van der Waals surface area contributed by atoms with E-state index in [2.05, 4.69) is 13.8 Å². The van der Waals surface area contributed by atoms with E-state index < -0.39 is 0 Å². The Morgan fingerprint density at radius 2 is 2.13 bits per heavy atom. The highest BCUT2D eigenvalue weighted by Crippen LogP contribution is 2.34. The molecule has 0 aliphatic carbocycles. The van der Waals surface area contributed by atoms with Gasteiger partial charge in [-0.2, -0.15) is 0 Å². The van der Waals surface area contributed by atoms with Crippen molar-refractivity contribution >= 4 is 23.2 Å². The van der Waals surface area contributed by atoms with Crippen LogP contribution >= 0.6 is 11.3 Å². The quantitative estimate of drug-likeness (QED) is 0.562. The van der Waals surface area contributed by atoms with Crippen LogP contribution in [0.4, 0.5) is 4.39 Å². The zero-order valence-corrected chi connectivity index (χ0v) is 19.3. The van der Waals surface area contributed by atoms with Crippen LogP contribution in [0.1, 0.15) is 50.1 Å². The standard InChI is InChI=1S/C24H31FN2O3S/c1-4-23(28)26(11-8-17(2)3)15-24(29)27-12-9-22-20(10-13-31-22)21(27)16-30-19-7-5-6-18(25)14-19/h5-7,10,13-14,17,21H,4,8-9,11-12,15-16H2,1-3H3/t21-/m0/s1. The van der Waals surface area contributed by atoms with E-state index in [0.29, 0.717) is 31.2 Å². The Labute approximate surface area is 187 Å². The van der Waals surface area contributed by atoms with Gasteiger partial charge in [0.2, 0.25) is 11.8 Å². The van der Waals surface area contributed by atoms with Crippen molar-refractivity contribution in [1.82, 2.24) is 9.80 Å². The highest BCUT2D eigenvalue weighted by Gasteiger charge is 2.33. The van der Waals surface area contributed by atoms with Crippen molar-refractivity contribution < 1.29 is 18.7 Å². The normalized spacial score (nSPS) is 15.6. The van der Waals surface area contributed by atoms with Crippen LogP contribution in [0.3, 0.4) is 0 Å². The van der Waals surface area contributed by atoms with Crippen molar-refractivity contribution in [3.8, 4) is 5.75 Å². The van der Waals surface area contributed by atoms with E-state index in [4.69, 9.17) is 4.74 Å². The monoisotopic (exact) mass is 446 g/mol. The maximum atomic E-state index is 13.5. The van der Waals surface area contributed by atoms with Crippen molar-refractivity contribution in [2.75, 3.05) is 26.2 Å². The van der Waals surface area contributed by atoms with Gasteiger partial charge in [-0.25, -0.2) is 4.39 Å². The number of rotatable bonds is 9. The first-order valence-electron chi connectivity index (χ1n) is 10.9. The lowest BCUT2D eigenvalue weighted by Gasteiger charge is -2.37. The first kappa shape index (κ1) is 23.3. The minimum absolute atomic E-state index is 0.00482. The molecule has 1 aromatic heterocycles. The summed E-state index contributed by atoms with van der Waals surface area (Å²) in [5, 5.41) is 2.03. The number of amides is 2. The Bertz CT molecular complexity index is 898. The van der Waals surface area contributed by atoms with Gasteiger partial charge in [-0.15, -0.1) is 11.3 Å². The molecule has 1 atom stereocenters. The van der Waals surface area contributed by atoms with Gasteiger partial charge in [0.1, 0.15) is 18.2 Å². The predicted octanol–water partition coefficient (Wildman–Crippen LogP) is 4.68. The average Bonchev–Trinajstić information content (AvgIpc) is 3.23. The van der Waals surface area contributed by atoms with Crippen molar-refractivity contribution in [1.29, 1.82) is 0 Å². The molecule has 0 radical (unpaired) electrons. The third kappa shape index (κ3) is 6.06. The highest BCUT2D eigenvalue weighted by molar-refractivity contribution is 7.10. The van der Waals surface area contributed by atoms with Crippen LogP contribution in [0.25, 0.3) is 0 Å². The molecule has 7 heteroatoms. The zero-order valence-electron chi connectivity index (χ0n) is 18.5. The SMILES string of the molecule is CCC(=O)N(CCC(C)C)CC(=O)N1CCc2sccc2[C@@H]1COc1cccc(F)c1. The van der Waals surface area contributed by atoms with Crippen LogP contribution in [0.2, 0.25) is 0 Å². The number of thiophene rings is 1. The van der Waals surface area contributed by atoms with Crippen LogP contribution < -0.4 is 4.74 Å². The van der Waals surface area contributed by atoms with Gasteiger partial charge in [0.25, 0.3) is 0 Å². The van der Waals surface area contributed by atoms with Crippen molar-refractivity contribution in [2.24, 2.45) is 5.92 Å². The zero-order chi connectivity index (χ0) is 22.4. The van der Waals surface area contributed by atoms with E-state index in [1.807, 2.05) is 23.3 Å². The maximum Gasteiger partial charge on any atom is 0.242 e. The Morgan fingerprint density at radius 3 is 2.84 bits per heavy atom. The Morgan fingerprint density at radius 1 is 1.32 bits per heavy atom. The molecule has 168 valence electrons. The topological polar surface area (TPSA) is 49.9 Å². The van der Waals surface area contributed by atoms with Gasteiger partial charge < -0.3 is 14.5 Å². The molecule has 3 rings (SSSR count). The molecule has 31 heavy (non-hydrogen) atoms. The summed E-state index contributed by atoms with van der Waals surface area (Å²) < 4.78 is 19.4. The van der Waals surface area contributed by atoms with Crippen LogP contribution in [-0.2, 0) is 16.0 Å². The summed E-state index contributed by atoms with van der Waals surface area (Å²) in [6.07, 6.45) is 2.04. The van der Waals surface area contributed by atoms with Gasteiger partial charge in [0, 0.05) is 30.5 Å². The molecule has 2 heterocycles. The van der Waals surface area contributed by atoms with E-state index in [1.165, 1.54) is 17.0 Å². The minimum Gasteiger partial charge on any atom is -0.491 e. The summed E-state index contributed by atoms with van der Waals surface area (Å²) in [7, 11) is 0. The summed E-state index contributed by atoms with van der Waals surface area (Å²) in [6, 6.07) is 7.81. The van der Waals surface area contributed by atoms with E-state index in [9.17, 15) is 14.0 Å². The average molecular weight is 447 g/mol. The number of hydrogen-bond acceptors (Lipinski definition) is 4. The molecule has 0 spiro atoms. The fourth-order valence-corrected chi connectivity index (χ4v) is 4.72. The molecular weight excluding hydrogens is 415 g/mol. The number of fused-ring (bicyclic) bond motifs is 1. The molecule has 0 N–H and O–H groups in total. The van der Waals surface area contributed by atoms with Crippen LogP contribution in [0.5, 0.6) is 5.75 Å². The fraction of sp³-hybridized carbons (Fsp3) is 0.500. The van der Waals surface area contributed by atoms with Gasteiger partial charge in [0.05, 0.1) is 12.6 Å². The molecule has 0 fully saturated rings. The summed E-state index contributed by atoms with van der Waals surface area (Å²) in [6.45, 7) is 7.53. The van der Waals surface area contributed by atoms with Crippen LogP contribution in [0, 0.1) is 11.7 Å². The number of benzene rings is 1. The second-order valence-electron chi connectivity index (χ2n) is 8.27. The summed E-state index contributed by atoms with van der Waals surface area (Å²) in [5.74, 6) is 0.460. The summed E-state index contributed by atoms with van der Waals surface area (Å²) in [4.78, 5) is 30.5. The second-order valence-corrected chi connectivity index (χ2v) is 9.27. The summed E-state index contributed by atoms with van der Waals surface area (Å²) in [5.41, 5.74) is 1.08. The van der Waals surface area contributed by atoms with Gasteiger partial charge in [-0.3, -0.25) is 9.59 Å². The Balaban J connectivity index is 1.75. The number of nitrogens with zero attached hydrogens (tertiary/aromatic N) is 2. The van der Waals surface area contributed by atoms with Gasteiger partial charge in [-0.05, 0) is 47.9 Å². The highest BCUT2D eigenvalue weighted by atomic mass is 32.1. The van der Waals surface area contributed by atoms with Crippen molar-refractivity contribution in [2.45, 2.75) is 46.1 Å². The molecule has 0 saturated carbocycles. The summed E-state index contributed by atoms with van der Waals surface area (Å²) >= 11 is 1.68. The molecule has 2 amide bonds. The van der Waals surface area contributed by atoms with Crippen molar-refractivity contribution in [3.05, 3.63) is 52.0 Å². The molecular formula is C24H31FN2O3S. The number of ether oxygens (including phenoxy) is 1. The van der Waals surface area contributed by atoms with Crippen LogP contribution in [0.15, 0.2) is 35.7 Å². The van der Waals surface area contributed by atoms with Gasteiger partial charge >= 0.3 is 0 Å². The molecule has 1 aromatic carbocycles. The Hall–Kier alpha value is -2.41. The largest absolute Gasteiger partial charge is 0.491 e. The molecule has 5 nitrogen and oxygen atoms in total. The van der Waals surface area contributed by atoms with E-state index in [-0.39, 0.29) is 36.8 Å². The molecule has 1 aliphatic heterocycles. The Kier molecular flexibility index (Phi) is 8.07. The molecule has 0 unspecified atom stereocenters. The third-order valence-electron chi connectivity index (χ3n) is 5.58. The van der Waals surface area contributed by atoms with Gasteiger partial charge in [0.15, 0.2) is 0 Å². The number of carbonyl (C=O) groups is 2. The predicted molar refractivity (Wildman–Crippen MR) is 121 cm³/mol. The number of hydrogen-bond donors (Lipinski definition) is 0. The molecule has 1 aliphatic rings. The lowest BCUT2D eigenvalue weighted by atomic mass is 10.0. The third-order valence-corrected chi connectivity index (χ3v) is 6.57. The van der Waals surface area contributed by atoms with Crippen LogP contribution in [-0.4, -0.2) is 47.9 Å². The van der Waals surface area contributed by atoms with E-state index >= 15 is 0 Å². The number of carbonyl (C=O) groups excluding carboxylic acids is 2. The molecule has 2 aromatic rings. The van der Waals surface area contributed by atoms with E-state index in [1.54, 1.807) is 28.4 Å². The first-order chi connectivity index (χ1) is 14.9. The maximum absolute atomic E-state index is 13.5.